The molecule has 6 nitrogen and oxygen atoms in total. The van der Waals surface area contributed by atoms with Crippen LogP contribution in [-0.2, 0) is 11.2 Å². The molecule has 1 fully saturated rings. The van der Waals surface area contributed by atoms with Crippen molar-refractivity contribution in [2.45, 2.75) is 38.5 Å². The first-order valence-electron chi connectivity index (χ1n) is 8.51. The smallest absolute Gasteiger partial charge is 0.228 e. The molecule has 0 aliphatic heterocycles. The normalized spacial score (nSPS) is 15.2. The van der Waals surface area contributed by atoms with E-state index in [0.29, 0.717) is 24.7 Å². The number of aromatic nitrogens is 2. The van der Waals surface area contributed by atoms with Crippen LogP contribution in [0.1, 0.15) is 38.0 Å². The maximum absolute atomic E-state index is 12.1. The molecule has 0 atom stereocenters. The Morgan fingerprint density at radius 1 is 1.33 bits per heavy atom. The summed E-state index contributed by atoms with van der Waals surface area (Å²) in [6.45, 7) is 0.523. The summed E-state index contributed by atoms with van der Waals surface area (Å²) in [7, 11) is 1.62. The van der Waals surface area contributed by atoms with Gasteiger partial charge in [0, 0.05) is 24.4 Å². The number of benzene rings is 1. The van der Waals surface area contributed by atoms with Gasteiger partial charge in [0.1, 0.15) is 5.75 Å². The van der Waals surface area contributed by atoms with Crippen LogP contribution in [0.15, 0.2) is 28.8 Å². The van der Waals surface area contributed by atoms with E-state index in [-0.39, 0.29) is 11.8 Å². The van der Waals surface area contributed by atoms with Crippen LogP contribution in [-0.4, -0.2) is 29.7 Å². The molecule has 1 aliphatic carbocycles. The highest BCUT2D eigenvalue weighted by molar-refractivity contribution is 5.78. The minimum atomic E-state index is 0.155. The summed E-state index contributed by atoms with van der Waals surface area (Å²) < 4.78 is 10.5. The number of nitrogens with zero attached hydrogens (tertiary/aromatic N) is 2. The van der Waals surface area contributed by atoms with Gasteiger partial charge in [0.25, 0.3) is 0 Å². The van der Waals surface area contributed by atoms with Gasteiger partial charge in [0.15, 0.2) is 0 Å². The average molecular weight is 329 g/mol. The standard InChI is InChI=1S/C18H23N3O3/c1-23-15-9-5-8-14(12-15)17-20-16(24-21-17)10-11-19-18(22)13-6-3-2-4-7-13/h5,8-9,12-13H,2-4,6-7,10-11H2,1H3,(H,19,22). The minimum Gasteiger partial charge on any atom is -0.497 e. The summed E-state index contributed by atoms with van der Waals surface area (Å²) in [5.41, 5.74) is 0.843. The van der Waals surface area contributed by atoms with E-state index in [0.717, 1.165) is 37.0 Å². The Balaban J connectivity index is 1.51. The van der Waals surface area contributed by atoms with Crippen molar-refractivity contribution < 1.29 is 14.1 Å². The van der Waals surface area contributed by atoms with E-state index in [1.807, 2.05) is 24.3 Å². The molecule has 1 amide bonds. The summed E-state index contributed by atoms with van der Waals surface area (Å²) in [6.07, 6.45) is 6.12. The first-order chi connectivity index (χ1) is 11.8. The fraction of sp³-hybridized carbons (Fsp3) is 0.500. The first kappa shape index (κ1) is 16.5. The number of carbonyl (C=O) groups is 1. The van der Waals surface area contributed by atoms with Crippen LogP contribution in [0.3, 0.4) is 0 Å². The molecule has 0 saturated heterocycles. The van der Waals surface area contributed by atoms with Crippen molar-refractivity contribution in [3.8, 4) is 17.1 Å². The third-order valence-electron chi connectivity index (χ3n) is 4.41. The van der Waals surface area contributed by atoms with Gasteiger partial charge in [-0.1, -0.05) is 36.6 Å². The number of carbonyl (C=O) groups excluding carboxylic acids is 1. The number of hydrogen-bond donors (Lipinski definition) is 1. The second-order valence-electron chi connectivity index (χ2n) is 6.12. The Hall–Kier alpha value is -2.37. The van der Waals surface area contributed by atoms with E-state index in [9.17, 15) is 4.79 Å². The predicted molar refractivity (Wildman–Crippen MR) is 89.6 cm³/mol. The fourth-order valence-corrected chi connectivity index (χ4v) is 3.04. The molecule has 1 aliphatic rings. The third kappa shape index (κ3) is 4.13. The lowest BCUT2D eigenvalue weighted by molar-refractivity contribution is -0.125. The summed E-state index contributed by atoms with van der Waals surface area (Å²) in [5, 5.41) is 6.98. The molecule has 1 aromatic heterocycles. The monoisotopic (exact) mass is 329 g/mol. The van der Waals surface area contributed by atoms with Crippen molar-refractivity contribution >= 4 is 5.91 Å². The minimum absolute atomic E-state index is 0.155. The molecule has 1 saturated carbocycles. The van der Waals surface area contributed by atoms with E-state index < -0.39 is 0 Å². The third-order valence-corrected chi connectivity index (χ3v) is 4.41. The van der Waals surface area contributed by atoms with Gasteiger partial charge in [0.05, 0.1) is 7.11 Å². The van der Waals surface area contributed by atoms with Crippen LogP contribution in [0.5, 0.6) is 5.75 Å². The van der Waals surface area contributed by atoms with Crippen molar-refractivity contribution in [1.29, 1.82) is 0 Å². The van der Waals surface area contributed by atoms with Crippen molar-refractivity contribution in [2.24, 2.45) is 5.92 Å². The fourth-order valence-electron chi connectivity index (χ4n) is 3.04. The van der Waals surface area contributed by atoms with Gasteiger partial charge >= 0.3 is 0 Å². The molecule has 0 bridgehead atoms. The average Bonchev–Trinajstić information content (AvgIpc) is 3.11. The molecule has 2 aromatic rings. The van der Waals surface area contributed by atoms with Gasteiger partial charge in [-0.05, 0) is 25.0 Å². The van der Waals surface area contributed by atoms with E-state index in [2.05, 4.69) is 15.5 Å². The molecule has 6 heteroatoms. The molecule has 1 aromatic carbocycles. The summed E-state index contributed by atoms with van der Waals surface area (Å²) >= 11 is 0. The molecule has 0 unspecified atom stereocenters. The second-order valence-corrected chi connectivity index (χ2v) is 6.12. The highest BCUT2D eigenvalue weighted by atomic mass is 16.5. The maximum atomic E-state index is 12.1. The van der Waals surface area contributed by atoms with Crippen LogP contribution >= 0.6 is 0 Å². The maximum Gasteiger partial charge on any atom is 0.228 e. The van der Waals surface area contributed by atoms with Crippen molar-refractivity contribution in [3.05, 3.63) is 30.2 Å². The first-order valence-corrected chi connectivity index (χ1v) is 8.51. The molecule has 24 heavy (non-hydrogen) atoms. The lowest BCUT2D eigenvalue weighted by Gasteiger charge is -2.20. The largest absolute Gasteiger partial charge is 0.497 e. The van der Waals surface area contributed by atoms with Gasteiger partial charge in [0.2, 0.25) is 17.6 Å². The van der Waals surface area contributed by atoms with Crippen LogP contribution in [0, 0.1) is 5.92 Å². The van der Waals surface area contributed by atoms with Gasteiger partial charge in [-0.25, -0.2) is 0 Å². The van der Waals surface area contributed by atoms with Crippen LogP contribution in [0.25, 0.3) is 11.4 Å². The molecule has 128 valence electrons. The zero-order chi connectivity index (χ0) is 16.8. The van der Waals surface area contributed by atoms with Gasteiger partial charge in [-0.3, -0.25) is 4.79 Å². The molecular weight excluding hydrogens is 306 g/mol. The predicted octanol–water partition coefficient (Wildman–Crippen LogP) is 2.98. The van der Waals surface area contributed by atoms with Crippen molar-refractivity contribution in [3.63, 3.8) is 0 Å². The van der Waals surface area contributed by atoms with Crippen molar-refractivity contribution in [1.82, 2.24) is 15.5 Å². The van der Waals surface area contributed by atoms with E-state index in [1.165, 1.54) is 6.42 Å². The molecular formula is C18H23N3O3. The van der Waals surface area contributed by atoms with Crippen LogP contribution in [0.2, 0.25) is 0 Å². The lowest BCUT2D eigenvalue weighted by atomic mass is 9.89. The number of nitrogens with one attached hydrogen (secondary N) is 1. The molecule has 1 N–H and O–H groups in total. The molecule has 1 heterocycles. The van der Waals surface area contributed by atoms with E-state index >= 15 is 0 Å². The Kier molecular flexibility index (Phi) is 5.46. The molecule has 3 rings (SSSR count). The Bertz CT molecular complexity index is 678. The number of hydrogen-bond acceptors (Lipinski definition) is 5. The van der Waals surface area contributed by atoms with Crippen molar-refractivity contribution in [2.75, 3.05) is 13.7 Å². The zero-order valence-electron chi connectivity index (χ0n) is 14.0. The molecule has 0 radical (unpaired) electrons. The number of methoxy groups -OCH3 is 1. The Morgan fingerprint density at radius 3 is 2.96 bits per heavy atom. The Labute approximate surface area is 141 Å². The highest BCUT2D eigenvalue weighted by Crippen LogP contribution is 2.24. The van der Waals surface area contributed by atoms with Gasteiger partial charge < -0.3 is 14.6 Å². The SMILES string of the molecule is COc1cccc(-c2noc(CCNC(=O)C3CCCCC3)n2)c1. The van der Waals surface area contributed by atoms with Gasteiger partial charge in [-0.2, -0.15) is 4.98 Å². The molecule has 0 spiro atoms. The zero-order valence-corrected chi connectivity index (χ0v) is 14.0. The van der Waals surface area contributed by atoms with E-state index in [4.69, 9.17) is 9.26 Å². The topological polar surface area (TPSA) is 77.3 Å². The summed E-state index contributed by atoms with van der Waals surface area (Å²) in [5.74, 6) is 2.13. The number of amides is 1. The number of ether oxygens (including phenoxy) is 1. The summed E-state index contributed by atoms with van der Waals surface area (Å²) in [4.78, 5) is 16.5. The van der Waals surface area contributed by atoms with Crippen LogP contribution in [0.4, 0.5) is 0 Å². The quantitative estimate of drug-likeness (QED) is 0.881. The highest BCUT2D eigenvalue weighted by Gasteiger charge is 2.20. The van der Waals surface area contributed by atoms with Gasteiger partial charge in [-0.15, -0.1) is 0 Å². The number of rotatable bonds is 6. The van der Waals surface area contributed by atoms with E-state index in [1.54, 1.807) is 7.11 Å². The second kappa shape index (κ2) is 7.95. The summed E-state index contributed by atoms with van der Waals surface area (Å²) in [6, 6.07) is 7.52. The van der Waals surface area contributed by atoms with Crippen LogP contribution < -0.4 is 10.1 Å². The lowest BCUT2D eigenvalue weighted by Crippen LogP contribution is -2.33. The Morgan fingerprint density at radius 2 is 2.17 bits per heavy atom.